The molecule has 102 valence electrons. The molecular formula is C13H22N2O3. The minimum Gasteiger partial charge on any atom is -0.480 e. The van der Waals surface area contributed by atoms with E-state index in [1.54, 1.807) is 0 Å². The van der Waals surface area contributed by atoms with Crippen molar-refractivity contribution in [3.63, 3.8) is 0 Å². The predicted molar refractivity (Wildman–Crippen MR) is 67.1 cm³/mol. The van der Waals surface area contributed by atoms with Gasteiger partial charge in [0.25, 0.3) is 0 Å². The van der Waals surface area contributed by atoms with Gasteiger partial charge in [-0.15, -0.1) is 0 Å². The lowest BCUT2D eigenvalue weighted by Crippen LogP contribution is -2.59. The molecule has 3 N–H and O–H groups in total. The maximum Gasteiger partial charge on any atom is 0.329 e. The van der Waals surface area contributed by atoms with Crippen LogP contribution in [0, 0.1) is 11.8 Å². The van der Waals surface area contributed by atoms with Gasteiger partial charge in [-0.2, -0.15) is 0 Å². The van der Waals surface area contributed by atoms with Crippen LogP contribution in [-0.4, -0.2) is 35.6 Å². The highest BCUT2D eigenvalue weighted by molar-refractivity contribution is 5.88. The molecule has 0 aromatic rings. The molecule has 2 rings (SSSR count). The minimum atomic E-state index is -1.01. The molecule has 5 heteroatoms. The number of nitrogens with one attached hydrogen (secondary N) is 2. The van der Waals surface area contributed by atoms with Crippen LogP contribution in [0.5, 0.6) is 0 Å². The van der Waals surface area contributed by atoms with Crippen LogP contribution in [0.3, 0.4) is 0 Å². The zero-order valence-corrected chi connectivity index (χ0v) is 10.9. The fourth-order valence-corrected chi connectivity index (χ4v) is 2.78. The van der Waals surface area contributed by atoms with Gasteiger partial charge in [-0.1, -0.05) is 26.2 Å². The molecule has 1 aliphatic heterocycles. The first-order chi connectivity index (χ1) is 8.55. The number of hydrogen-bond donors (Lipinski definition) is 3. The van der Waals surface area contributed by atoms with E-state index in [9.17, 15) is 14.7 Å². The van der Waals surface area contributed by atoms with Gasteiger partial charge in [-0.3, -0.25) is 4.79 Å². The van der Waals surface area contributed by atoms with Crippen molar-refractivity contribution in [1.29, 1.82) is 0 Å². The number of carboxylic acids is 1. The Morgan fingerprint density at radius 3 is 2.33 bits per heavy atom. The summed E-state index contributed by atoms with van der Waals surface area (Å²) in [6.07, 6.45) is 3.94. The molecule has 1 unspecified atom stereocenters. The zero-order chi connectivity index (χ0) is 13.2. The molecule has 1 saturated heterocycles. The molecule has 1 heterocycles. The Hall–Kier alpha value is -1.10. The fourth-order valence-electron chi connectivity index (χ4n) is 2.78. The van der Waals surface area contributed by atoms with Crippen LogP contribution in [0.25, 0.3) is 0 Å². The van der Waals surface area contributed by atoms with Crippen LogP contribution in [-0.2, 0) is 9.59 Å². The molecule has 1 aliphatic carbocycles. The van der Waals surface area contributed by atoms with Gasteiger partial charge in [0, 0.05) is 5.92 Å². The molecule has 18 heavy (non-hydrogen) atoms. The highest BCUT2D eigenvalue weighted by atomic mass is 16.4. The van der Waals surface area contributed by atoms with Gasteiger partial charge in [-0.05, 0) is 31.8 Å². The van der Waals surface area contributed by atoms with Crippen molar-refractivity contribution in [3.8, 4) is 0 Å². The number of rotatable bonds is 4. The quantitative estimate of drug-likeness (QED) is 0.691. The van der Waals surface area contributed by atoms with Crippen molar-refractivity contribution in [2.24, 2.45) is 11.8 Å². The Morgan fingerprint density at radius 1 is 1.28 bits per heavy atom. The lowest BCUT2D eigenvalue weighted by molar-refractivity contribution is -0.150. The summed E-state index contributed by atoms with van der Waals surface area (Å²) >= 11 is 0. The standard InChI is InChI=1S/C13H22N2O3/c1-9(10-7-14-8-10)11(16)15-13(12(17)18)5-3-2-4-6-13/h9-10,14H,2-8H2,1H3,(H,15,16)(H,17,18). The summed E-state index contributed by atoms with van der Waals surface area (Å²) in [6, 6.07) is 0. The molecule has 0 bridgehead atoms. The molecular weight excluding hydrogens is 232 g/mol. The van der Waals surface area contributed by atoms with Crippen LogP contribution in [0.4, 0.5) is 0 Å². The third kappa shape index (κ3) is 2.51. The number of carbonyl (C=O) groups is 2. The van der Waals surface area contributed by atoms with E-state index in [0.29, 0.717) is 18.8 Å². The third-order valence-corrected chi connectivity index (χ3v) is 4.41. The summed E-state index contributed by atoms with van der Waals surface area (Å²) in [5.74, 6) is -0.746. The van der Waals surface area contributed by atoms with Crippen molar-refractivity contribution < 1.29 is 14.7 Å². The Balaban J connectivity index is 1.99. The molecule has 0 aromatic carbocycles. The lowest BCUT2D eigenvalue weighted by atomic mass is 9.80. The van der Waals surface area contributed by atoms with Crippen LogP contribution < -0.4 is 10.6 Å². The summed E-state index contributed by atoms with van der Waals surface area (Å²) in [4.78, 5) is 23.6. The number of carboxylic acid groups (broad SMARTS) is 1. The van der Waals surface area contributed by atoms with Crippen molar-refractivity contribution in [2.75, 3.05) is 13.1 Å². The third-order valence-electron chi connectivity index (χ3n) is 4.41. The van der Waals surface area contributed by atoms with Crippen LogP contribution in [0.2, 0.25) is 0 Å². The summed E-state index contributed by atoms with van der Waals surface area (Å²) in [5, 5.41) is 15.4. The summed E-state index contributed by atoms with van der Waals surface area (Å²) in [7, 11) is 0. The minimum absolute atomic E-state index is 0.106. The first kappa shape index (κ1) is 13.3. The van der Waals surface area contributed by atoms with Crippen LogP contribution >= 0.6 is 0 Å². The zero-order valence-electron chi connectivity index (χ0n) is 10.9. The van der Waals surface area contributed by atoms with Crippen LogP contribution in [0.15, 0.2) is 0 Å². The van der Waals surface area contributed by atoms with E-state index < -0.39 is 11.5 Å². The molecule has 1 amide bonds. The highest BCUT2D eigenvalue weighted by Gasteiger charge is 2.42. The Bertz CT molecular complexity index is 333. The number of aliphatic carboxylic acids is 1. The van der Waals surface area contributed by atoms with E-state index in [1.807, 2.05) is 6.92 Å². The van der Waals surface area contributed by atoms with E-state index in [1.165, 1.54) is 0 Å². The predicted octanol–water partition coefficient (Wildman–Crippen LogP) is 0.746. The normalized spacial score (nSPS) is 24.9. The van der Waals surface area contributed by atoms with Gasteiger partial charge in [-0.25, -0.2) is 4.79 Å². The second kappa shape index (κ2) is 5.26. The van der Waals surface area contributed by atoms with Crippen molar-refractivity contribution in [3.05, 3.63) is 0 Å². The average Bonchev–Trinajstić information content (AvgIpc) is 2.27. The molecule has 1 saturated carbocycles. The molecule has 0 radical (unpaired) electrons. The van der Waals surface area contributed by atoms with Gasteiger partial charge < -0.3 is 15.7 Å². The summed E-state index contributed by atoms with van der Waals surface area (Å²) in [5.41, 5.74) is -1.01. The number of hydrogen-bond acceptors (Lipinski definition) is 3. The molecule has 1 atom stereocenters. The molecule has 5 nitrogen and oxygen atoms in total. The van der Waals surface area contributed by atoms with Crippen molar-refractivity contribution in [1.82, 2.24) is 10.6 Å². The average molecular weight is 254 g/mol. The molecule has 2 fully saturated rings. The van der Waals surface area contributed by atoms with E-state index in [4.69, 9.17) is 0 Å². The Labute approximate surface area is 107 Å². The highest BCUT2D eigenvalue weighted by Crippen LogP contribution is 2.29. The van der Waals surface area contributed by atoms with E-state index in [-0.39, 0.29) is 11.8 Å². The Morgan fingerprint density at radius 2 is 1.89 bits per heavy atom. The maximum absolute atomic E-state index is 12.2. The molecule has 0 aromatic heterocycles. The van der Waals surface area contributed by atoms with Gasteiger partial charge >= 0.3 is 5.97 Å². The van der Waals surface area contributed by atoms with Gasteiger partial charge in [0.05, 0.1) is 0 Å². The first-order valence-electron chi connectivity index (χ1n) is 6.81. The summed E-state index contributed by atoms with van der Waals surface area (Å²) in [6.45, 7) is 3.60. The van der Waals surface area contributed by atoms with Gasteiger partial charge in [0.1, 0.15) is 5.54 Å². The monoisotopic (exact) mass is 254 g/mol. The number of amides is 1. The van der Waals surface area contributed by atoms with Crippen molar-refractivity contribution in [2.45, 2.75) is 44.6 Å². The molecule has 0 spiro atoms. The largest absolute Gasteiger partial charge is 0.480 e. The van der Waals surface area contributed by atoms with Gasteiger partial charge in [0.15, 0.2) is 0 Å². The summed E-state index contributed by atoms with van der Waals surface area (Å²) < 4.78 is 0. The second-order valence-electron chi connectivity index (χ2n) is 5.64. The number of carbonyl (C=O) groups excluding carboxylic acids is 1. The Kier molecular flexibility index (Phi) is 3.90. The van der Waals surface area contributed by atoms with E-state index in [2.05, 4.69) is 10.6 Å². The van der Waals surface area contributed by atoms with E-state index in [0.717, 1.165) is 32.4 Å². The van der Waals surface area contributed by atoms with Crippen molar-refractivity contribution >= 4 is 11.9 Å². The fraction of sp³-hybridized carbons (Fsp3) is 0.846. The first-order valence-corrected chi connectivity index (χ1v) is 6.81. The van der Waals surface area contributed by atoms with E-state index >= 15 is 0 Å². The maximum atomic E-state index is 12.2. The topological polar surface area (TPSA) is 78.4 Å². The SMILES string of the molecule is CC(C(=O)NC1(C(=O)O)CCCCC1)C1CNC1. The smallest absolute Gasteiger partial charge is 0.329 e. The van der Waals surface area contributed by atoms with Gasteiger partial charge in [0.2, 0.25) is 5.91 Å². The lowest BCUT2D eigenvalue weighted by Gasteiger charge is -2.37. The second-order valence-corrected chi connectivity index (χ2v) is 5.64. The molecule has 2 aliphatic rings. The van der Waals surface area contributed by atoms with Crippen LogP contribution in [0.1, 0.15) is 39.0 Å².